The van der Waals surface area contributed by atoms with E-state index in [-0.39, 0.29) is 19.2 Å². The van der Waals surface area contributed by atoms with Crippen LogP contribution in [0.5, 0.6) is 5.75 Å². The number of aliphatic hydroxyl groups is 2. The molecule has 182 valence electrons. The molecular weight excluding hydrogens is 422 g/mol. The molecule has 2 aromatic rings. The van der Waals surface area contributed by atoms with E-state index in [4.69, 9.17) is 26.2 Å². The molecule has 10 heteroatoms. The summed E-state index contributed by atoms with van der Waals surface area (Å²) in [5.41, 5.74) is 13.8. The predicted molar refractivity (Wildman–Crippen MR) is 130 cm³/mol. The highest BCUT2D eigenvalue weighted by molar-refractivity contribution is 5.67. The molecule has 1 saturated carbocycles. The average Bonchev–Trinajstić information content (AvgIpc) is 3.60. The van der Waals surface area contributed by atoms with Gasteiger partial charge < -0.3 is 42.4 Å². The summed E-state index contributed by atoms with van der Waals surface area (Å²) in [6, 6.07) is 7.64. The van der Waals surface area contributed by atoms with E-state index < -0.39 is 12.2 Å². The number of nitrogens with one attached hydrogen (secondary N) is 3. The first-order chi connectivity index (χ1) is 15.9. The van der Waals surface area contributed by atoms with Gasteiger partial charge in [0.05, 0.1) is 11.7 Å². The maximum Gasteiger partial charge on any atom is 0.164 e. The lowest BCUT2D eigenvalue weighted by atomic mass is 10.1. The molecule has 9 N–H and O–H groups in total. The third-order valence-corrected chi connectivity index (χ3v) is 5.28. The Morgan fingerprint density at radius 2 is 1.94 bits per heavy atom. The van der Waals surface area contributed by atoms with Crippen molar-refractivity contribution in [1.82, 2.24) is 15.3 Å². The third kappa shape index (κ3) is 7.79. The van der Waals surface area contributed by atoms with E-state index in [1.165, 1.54) is 0 Å². The molecule has 0 amide bonds. The summed E-state index contributed by atoms with van der Waals surface area (Å²) in [5.74, 6) is 2.50. The Hall–Kier alpha value is -2.50. The number of rotatable bonds is 14. The number of hydrogen-bond acceptors (Lipinski definition) is 10. The summed E-state index contributed by atoms with van der Waals surface area (Å²) in [6.45, 7) is 3.07. The van der Waals surface area contributed by atoms with Gasteiger partial charge in [0.25, 0.3) is 0 Å². The molecular formula is C23H37N7O3. The summed E-state index contributed by atoms with van der Waals surface area (Å²) in [4.78, 5) is 9.51. The molecule has 33 heavy (non-hydrogen) atoms. The lowest BCUT2D eigenvalue weighted by molar-refractivity contribution is 0.108. The van der Waals surface area contributed by atoms with E-state index in [0.29, 0.717) is 48.8 Å². The number of anilines is 2. The van der Waals surface area contributed by atoms with Crippen LogP contribution in [0.25, 0.3) is 11.4 Å². The van der Waals surface area contributed by atoms with Crippen molar-refractivity contribution in [3.63, 3.8) is 0 Å². The Morgan fingerprint density at radius 3 is 2.61 bits per heavy atom. The minimum absolute atomic E-state index is 0.180. The van der Waals surface area contributed by atoms with Gasteiger partial charge in [-0.25, -0.2) is 9.97 Å². The lowest BCUT2D eigenvalue weighted by Gasteiger charge is -2.19. The van der Waals surface area contributed by atoms with Crippen LogP contribution in [0.3, 0.4) is 0 Å². The van der Waals surface area contributed by atoms with Gasteiger partial charge in [0.15, 0.2) is 5.82 Å². The van der Waals surface area contributed by atoms with Crippen LogP contribution >= 0.6 is 0 Å². The second kappa shape index (κ2) is 12.1. The standard InChI is InChI=1S/C23H37N7O3/c1-14(31)8-16(25)11-27-22-20(10-24)23(28-17-6-7-17)30-21(29-22)15-4-3-5-19(9-15)33-13-18(32)12-26-2/h3-5,9,14,16-18,26,31-32H,6-8,10-13,24-25H2,1-2H3,(H2,27,28,29,30). The van der Waals surface area contributed by atoms with E-state index in [0.717, 1.165) is 24.0 Å². The Balaban J connectivity index is 1.85. The van der Waals surface area contributed by atoms with Crippen LogP contribution in [0.2, 0.25) is 0 Å². The molecule has 1 aromatic heterocycles. The summed E-state index contributed by atoms with van der Waals surface area (Å²) >= 11 is 0. The van der Waals surface area contributed by atoms with E-state index in [2.05, 4.69) is 16.0 Å². The molecule has 1 aliphatic rings. The number of nitrogens with two attached hydrogens (primary N) is 2. The molecule has 3 atom stereocenters. The van der Waals surface area contributed by atoms with Crippen LogP contribution in [0.1, 0.15) is 31.7 Å². The summed E-state index contributed by atoms with van der Waals surface area (Å²) in [5, 5.41) is 29.2. The van der Waals surface area contributed by atoms with Gasteiger partial charge in [0.2, 0.25) is 0 Å². The number of hydrogen-bond donors (Lipinski definition) is 7. The zero-order chi connectivity index (χ0) is 23.8. The highest BCUT2D eigenvalue weighted by Crippen LogP contribution is 2.31. The highest BCUT2D eigenvalue weighted by atomic mass is 16.5. The first-order valence-corrected chi connectivity index (χ1v) is 11.5. The smallest absolute Gasteiger partial charge is 0.164 e. The zero-order valence-corrected chi connectivity index (χ0v) is 19.4. The van der Waals surface area contributed by atoms with Crippen LogP contribution < -0.4 is 32.2 Å². The van der Waals surface area contributed by atoms with E-state index >= 15 is 0 Å². The Labute approximate surface area is 195 Å². The van der Waals surface area contributed by atoms with Crippen LogP contribution in [0.15, 0.2) is 24.3 Å². The number of aromatic nitrogens is 2. The van der Waals surface area contributed by atoms with E-state index in [1.807, 2.05) is 24.3 Å². The molecule has 0 radical (unpaired) electrons. The molecule has 1 aliphatic carbocycles. The van der Waals surface area contributed by atoms with Gasteiger partial charge in [-0.3, -0.25) is 0 Å². The SMILES string of the molecule is CNCC(O)COc1cccc(-c2nc(NCC(N)CC(C)O)c(CN)c(NC3CC3)n2)c1. The second-order valence-corrected chi connectivity index (χ2v) is 8.62. The molecule has 10 nitrogen and oxygen atoms in total. The lowest BCUT2D eigenvalue weighted by Crippen LogP contribution is -2.33. The average molecular weight is 460 g/mol. The number of ether oxygens (including phenoxy) is 1. The molecule has 1 aromatic carbocycles. The molecule has 3 rings (SSSR count). The minimum Gasteiger partial charge on any atom is -0.491 e. The summed E-state index contributed by atoms with van der Waals surface area (Å²) in [7, 11) is 1.78. The largest absolute Gasteiger partial charge is 0.491 e. The topological polar surface area (TPSA) is 164 Å². The van der Waals surface area contributed by atoms with Crippen molar-refractivity contribution in [2.75, 3.05) is 37.4 Å². The van der Waals surface area contributed by atoms with Gasteiger partial charge in [-0.05, 0) is 45.4 Å². The van der Waals surface area contributed by atoms with Crippen molar-refractivity contribution in [1.29, 1.82) is 0 Å². The normalized spacial score (nSPS) is 16.2. The van der Waals surface area contributed by atoms with Crippen molar-refractivity contribution in [3.05, 3.63) is 29.8 Å². The van der Waals surface area contributed by atoms with Gasteiger partial charge in [-0.1, -0.05) is 12.1 Å². The fourth-order valence-corrected chi connectivity index (χ4v) is 3.45. The Morgan fingerprint density at radius 1 is 1.18 bits per heavy atom. The van der Waals surface area contributed by atoms with Crippen molar-refractivity contribution >= 4 is 11.6 Å². The summed E-state index contributed by atoms with van der Waals surface area (Å²) < 4.78 is 5.74. The molecule has 1 heterocycles. The van der Waals surface area contributed by atoms with Gasteiger partial charge in [0, 0.05) is 37.3 Å². The van der Waals surface area contributed by atoms with Crippen LogP contribution in [0.4, 0.5) is 11.6 Å². The minimum atomic E-state index is -0.602. The van der Waals surface area contributed by atoms with Gasteiger partial charge in [-0.15, -0.1) is 0 Å². The second-order valence-electron chi connectivity index (χ2n) is 8.62. The number of likely N-dealkylation sites (N-methyl/N-ethyl adjacent to an activating group) is 1. The van der Waals surface area contributed by atoms with E-state index in [9.17, 15) is 10.2 Å². The maximum absolute atomic E-state index is 9.91. The first-order valence-electron chi connectivity index (χ1n) is 11.5. The third-order valence-electron chi connectivity index (χ3n) is 5.28. The fourth-order valence-electron chi connectivity index (χ4n) is 3.45. The molecule has 0 bridgehead atoms. The Bertz CT molecular complexity index is 892. The van der Waals surface area contributed by atoms with Crippen molar-refractivity contribution < 1.29 is 14.9 Å². The first kappa shape index (κ1) is 25.1. The van der Waals surface area contributed by atoms with Gasteiger partial charge in [-0.2, -0.15) is 0 Å². The Kier molecular flexibility index (Phi) is 9.21. The molecule has 1 fully saturated rings. The fraction of sp³-hybridized carbons (Fsp3) is 0.565. The predicted octanol–water partition coefficient (Wildman–Crippen LogP) is 0.646. The van der Waals surface area contributed by atoms with Crippen LogP contribution in [-0.4, -0.2) is 71.2 Å². The molecule has 0 aliphatic heterocycles. The van der Waals surface area contributed by atoms with Crippen LogP contribution in [0, 0.1) is 0 Å². The van der Waals surface area contributed by atoms with Crippen molar-refractivity contribution in [2.45, 2.75) is 57.0 Å². The summed E-state index contributed by atoms with van der Waals surface area (Å²) in [6.07, 6.45) is 1.61. The quantitative estimate of drug-likeness (QED) is 0.213. The number of benzene rings is 1. The monoisotopic (exact) mass is 459 g/mol. The number of aliphatic hydroxyl groups excluding tert-OH is 2. The van der Waals surface area contributed by atoms with Gasteiger partial charge >= 0.3 is 0 Å². The van der Waals surface area contributed by atoms with Gasteiger partial charge in [0.1, 0.15) is 30.1 Å². The molecule has 3 unspecified atom stereocenters. The highest BCUT2D eigenvalue weighted by Gasteiger charge is 2.24. The van der Waals surface area contributed by atoms with Crippen LogP contribution in [-0.2, 0) is 6.54 Å². The zero-order valence-electron chi connectivity index (χ0n) is 19.4. The van der Waals surface area contributed by atoms with E-state index in [1.54, 1.807) is 14.0 Å². The van der Waals surface area contributed by atoms with Crippen molar-refractivity contribution in [2.24, 2.45) is 11.5 Å². The maximum atomic E-state index is 9.91. The van der Waals surface area contributed by atoms with Crippen molar-refractivity contribution in [3.8, 4) is 17.1 Å². The molecule has 0 saturated heterocycles. The molecule has 0 spiro atoms. The number of nitrogens with zero attached hydrogens (tertiary/aromatic N) is 2.